The number of pyridine rings is 1. The summed E-state index contributed by atoms with van der Waals surface area (Å²) in [5.41, 5.74) is 4.12. The monoisotopic (exact) mass is 263 g/mol. The van der Waals surface area contributed by atoms with Crippen LogP contribution in [0.1, 0.15) is 40.1 Å². The molecule has 0 unspecified atom stereocenters. The second-order valence-corrected chi connectivity index (χ2v) is 4.49. The number of rotatable bonds is 4. The van der Waals surface area contributed by atoms with Crippen LogP contribution in [0.25, 0.3) is 0 Å². The maximum atomic E-state index is 11.9. The first-order valence-corrected chi connectivity index (χ1v) is 5.76. The van der Waals surface area contributed by atoms with Crippen LogP contribution in [0.2, 0.25) is 0 Å². The quantitative estimate of drug-likeness (QED) is 0.701. The molecule has 100 valence electrons. The number of amides is 2. The third-order valence-electron chi connectivity index (χ3n) is 3.25. The number of aromatic nitrogens is 1. The number of nitrogens with two attached hydrogens (primary N) is 1. The van der Waals surface area contributed by atoms with Gasteiger partial charge in [0.05, 0.1) is 5.56 Å². The van der Waals surface area contributed by atoms with Crippen LogP contribution < -0.4 is 11.1 Å². The zero-order valence-corrected chi connectivity index (χ0v) is 10.0. The average Bonchev–Trinajstić information content (AvgIpc) is 2.33. The number of nitrogens with one attached hydrogen (secondary N) is 1. The number of carbonyl (C=O) groups excluding carboxylic acids is 2. The molecule has 0 saturated heterocycles. The van der Waals surface area contributed by atoms with Crippen LogP contribution in [0.4, 0.5) is 0 Å². The summed E-state index contributed by atoms with van der Waals surface area (Å²) >= 11 is 0. The number of hydrogen-bond donors (Lipinski definition) is 3. The van der Waals surface area contributed by atoms with Crippen molar-refractivity contribution >= 4 is 17.8 Å². The van der Waals surface area contributed by atoms with Gasteiger partial charge in [0.25, 0.3) is 5.91 Å². The summed E-state index contributed by atoms with van der Waals surface area (Å²) in [5, 5.41) is 11.6. The summed E-state index contributed by atoms with van der Waals surface area (Å²) < 4.78 is 0. The van der Waals surface area contributed by atoms with Gasteiger partial charge in [-0.25, -0.2) is 4.79 Å². The van der Waals surface area contributed by atoms with Crippen molar-refractivity contribution in [1.82, 2.24) is 10.3 Å². The van der Waals surface area contributed by atoms with Gasteiger partial charge in [0, 0.05) is 6.20 Å². The van der Waals surface area contributed by atoms with Crippen molar-refractivity contribution in [2.75, 3.05) is 0 Å². The summed E-state index contributed by atoms with van der Waals surface area (Å²) in [5.74, 6) is -2.25. The molecule has 2 amide bonds. The average molecular weight is 263 g/mol. The molecule has 0 spiro atoms. The molecule has 1 heterocycles. The Labute approximate surface area is 108 Å². The number of carboxylic acid groups (broad SMARTS) is 1. The topological polar surface area (TPSA) is 122 Å². The number of aliphatic carboxylic acids is 1. The molecule has 7 heteroatoms. The normalized spacial score (nSPS) is 16.2. The lowest BCUT2D eigenvalue weighted by Gasteiger charge is -2.38. The standard InChI is InChI=1S/C12H13N3O4/c13-9(16)7-2-3-8(14-6-7)10(17)15-12(11(18)19)4-1-5-12/h2-3,6H,1,4-5H2,(H2,13,16)(H,15,17)(H,18,19). The van der Waals surface area contributed by atoms with E-state index in [2.05, 4.69) is 10.3 Å². The SMILES string of the molecule is NC(=O)c1ccc(C(=O)NC2(C(=O)O)CCC2)nc1. The fourth-order valence-corrected chi connectivity index (χ4v) is 1.88. The highest BCUT2D eigenvalue weighted by atomic mass is 16.4. The molecule has 0 bridgehead atoms. The van der Waals surface area contributed by atoms with Crippen LogP contribution in [-0.2, 0) is 4.79 Å². The predicted octanol–water partition coefficient (Wildman–Crippen LogP) is -0.0824. The third kappa shape index (κ3) is 2.40. The highest BCUT2D eigenvalue weighted by Crippen LogP contribution is 2.32. The Morgan fingerprint density at radius 3 is 2.37 bits per heavy atom. The lowest BCUT2D eigenvalue weighted by molar-refractivity contribution is -0.148. The smallest absolute Gasteiger partial charge is 0.329 e. The molecule has 1 saturated carbocycles. The molecule has 0 radical (unpaired) electrons. The van der Waals surface area contributed by atoms with E-state index in [4.69, 9.17) is 10.8 Å². The molecule has 1 aliphatic rings. The van der Waals surface area contributed by atoms with E-state index in [1.54, 1.807) is 0 Å². The van der Waals surface area contributed by atoms with Crippen molar-refractivity contribution in [3.05, 3.63) is 29.6 Å². The van der Waals surface area contributed by atoms with Crippen molar-refractivity contribution in [2.24, 2.45) is 5.73 Å². The van der Waals surface area contributed by atoms with Crippen LogP contribution in [0, 0.1) is 0 Å². The summed E-state index contributed by atoms with van der Waals surface area (Å²) in [4.78, 5) is 37.7. The number of primary amides is 1. The van der Waals surface area contributed by atoms with E-state index >= 15 is 0 Å². The molecule has 0 aromatic carbocycles. The fraction of sp³-hybridized carbons (Fsp3) is 0.333. The lowest BCUT2D eigenvalue weighted by Crippen LogP contribution is -2.59. The first-order valence-electron chi connectivity index (χ1n) is 5.76. The molecule has 1 aromatic rings. The molecule has 0 aliphatic heterocycles. The van der Waals surface area contributed by atoms with E-state index in [0.717, 1.165) is 6.42 Å². The van der Waals surface area contributed by atoms with Gasteiger partial charge in [-0.1, -0.05) is 0 Å². The highest BCUT2D eigenvalue weighted by Gasteiger charge is 2.45. The Morgan fingerprint density at radius 2 is 2.00 bits per heavy atom. The number of carbonyl (C=O) groups is 3. The van der Waals surface area contributed by atoms with Crippen molar-refractivity contribution in [3.63, 3.8) is 0 Å². The Balaban J connectivity index is 2.12. The molecule has 0 atom stereocenters. The minimum atomic E-state index is -1.18. The van der Waals surface area contributed by atoms with E-state index in [1.165, 1.54) is 18.3 Å². The second kappa shape index (κ2) is 4.68. The number of nitrogens with zero attached hydrogens (tertiary/aromatic N) is 1. The molecular weight excluding hydrogens is 250 g/mol. The van der Waals surface area contributed by atoms with Crippen LogP contribution >= 0.6 is 0 Å². The molecule has 1 fully saturated rings. The summed E-state index contributed by atoms with van der Waals surface area (Å²) in [7, 11) is 0. The van der Waals surface area contributed by atoms with Crippen LogP contribution in [0.3, 0.4) is 0 Å². The number of hydrogen-bond acceptors (Lipinski definition) is 4. The maximum Gasteiger partial charge on any atom is 0.329 e. The van der Waals surface area contributed by atoms with Gasteiger partial charge in [-0.05, 0) is 31.4 Å². The lowest BCUT2D eigenvalue weighted by atomic mass is 9.76. The van der Waals surface area contributed by atoms with Gasteiger partial charge >= 0.3 is 5.97 Å². The Bertz CT molecular complexity index is 534. The third-order valence-corrected chi connectivity index (χ3v) is 3.25. The van der Waals surface area contributed by atoms with Gasteiger partial charge in [0.2, 0.25) is 5.91 Å². The van der Waals surface area contributed by atoms with E-state index in [0.29, 0.717) is 12.8 Å². The molecule has 7 nitrogen and oxygen atoms in total. The van der Waals surface area contributed by atoms with E-state index < -0.39 is 23.3 Å². The molecular formula is C12H13N3O4. The van der Waals surface area contributed by atoms with Crippen LogP contribution in [-0.4, -0.2) is 33.4 Å². The van der Waals surface area contributed by atoms with E-state index in [-0.39, 0.29) is 11.3 Å². The molecule has 19 heavy (non-hydrogen) atoms. The van der Waals surface area contributed by atoms with Gasteiger partial charge in [0.1, 0.15) is 11.2 Å². The van der Waals surface area contributed by atoms with Crippen molar-refractivity contribution in [2.45, 2.75) is 24.8 Å². The minimum Gasteiger partial charge on any atom is -0.480 e. The first-order chi connectivity index (χ1) is 8.94. The molecule has 1 aliphatic carbocycles. The zero-order valence-electron chi connectivity index (χ0n) is 10.0. The second-order valence-electron chi connectivity index (χ2n) is 4.49. The fourth-order valence-electron chi connectivity index (χ4n) is 1.88. The molecule has 1 aromatic heterocycles. The van der Waals surface area contributed by atoms with E-state index in [1.807, 2.05) is 0 Å². The summed E-state index contributed by atoms with van der Waals surface area (Å²) in [6.07, 6.45) is 2.77. The van der Waals surface area contributed by atoms with Crippen molar-refractivity contribution in [3.8, 4) is 0 Å². The van der Waals surface area contributed by atoms with Gasteiger partial charge in [-0.15, -0.1) is 0 Å². The van der Waals surface area contributed by atoms with Gasteiger partial charge < -0.3 is 16.2 Å². The van der Waals surface area contributed by atoms with E-state index in [9.17, 15) is 14.4 Å². The van der Waals surface area contributed by atoms with Crippen LogP contribution in [0.15, 0.2) is 18.3 Å². The van der Waals surface area contributed by atoms with Crippen LogP contribution in [0.5, 0.6) is 0 Å². The number of carboxylic acids is 1. The van der Waals surface area contributed by atoms with Crippen molar-refractivity contribution in [1.29, 1.82) is 0 Å². The zero-order chi connectivity index (χ0) is 14.0. The van der Waals surface area contributed by atoms with Gasteiger partial charge in [-0.3, -0.25) is 14.6 Å². The van der Waals surface area contributed by atoms with Gasteiger partial charge in [0.15, 0.2) is 0 Å². The summed E-state index contributed by atoms with van der Waals surface area (Å²) in [6.45, 7) is 0. The maximum absolute atomic E-state index is 11.9. The van der Waals surface area contributed by atoms with Gasteiger partial charge in [-0.2, -0.15) is 0 Å². The largest absolute Gasteiger partial charge is 0.480 e. The highest BCUT2D eigenvalue weighted by molar-refractivity contribution is 5.98. The summed E-state index contributed by atoms with van der Waals surface area (Å²) in [6, 6.07) is 2.71. The predicted molar refractivity (Wildman–Crippen MR) is 64.4 cm³/mol. The Hall–Kier alpha value is -2.44. The molecule has 2 rings (SSSR count). The Morgan fingerprint density at radius 1 is 1.32 bits per heavy atom. The minimum absolute atomic E-state index is 0.0533. The first kappa shape index (κ1) is 13.0. The van der Waals surface area contributed by atoms with Crippen molar-refractivity contribution < 1.29 is 19.5 Å². The Kier molecular flexibility index (Phi) is 3.20. The molecule has 4 N–H and O–H groups in total.